The fourth-order valence-electron chi connectivity index (χ4n) is 8.36. The molecule has 2 fully saturated rings. The van der Waals surface area contributed by atoms with Gasteiger partial charge in [0.25, 0.3) is 10.1 Å². The zero-order chi connectivity index (χ0) is 35.0. The third-order valence-corrected chi connectivity index (χ3v) is 14.8. The average molecular weight is 734 g/mol. The first-order valence-corrected chi connectivity index (χ1v) is 21.2. The molecule has 2 aliphatic carbocycles. The molecule has 12 heteroatoms. The summed E-state index contributed by atoms with van der Waals surface area (Å²) in [5.74, 6) is 0.135. The smallest absolute Gasteiger partial charge is 0.268 e. The highest BCUT2D eigenvalue weighted by molar-refractivity contribution is 8.04. The topological polar surface area (TPSA) is 111 Å². The van der Waals surface area contributed by atoms with Gasteiger partial charge in [0.1, 0.15) is 0 Å². The Bertz CT molecular complexity index is 2120. The van der Waals surface area contributed by atoms with Crippen molar-refractivity contribution in [2.75, 3.05) is 32.1 Å². The van der Waals surface area contributed by atoms with Gasteiger partial charge in [-0.1, -0.05) is 67.1 Å². The largest absolute Gasteiger partial charge is 0.338 e. The van der Waals surface area contributed by atoms with Crippen LogP contribution >= 0.6 is 11.8 Å². The molecule has 0 amide bonds. The second-order valence-electron chi connectivity index (χ2n) is 13.9. The summed E-state index contributed by atoms with van der Waals surface area (Å²) in [6.07, 6.45) is 9.18. The molecule has 50 heavy (non-hydrogen) atoms. The summed E-state index contributed by atoms with van der Waals surface area (Å²) in [6.45, 7) is 1.53. The number of nitrogens with zero attached hydrogens (tertiary/aromatic N) is 3. The van der Waals surface area contributed by atoms with Gasteiger partial charge in [0.2, 0.25) is 15.5 Å². The molecule has 1 aromatic heterocycles. The molecule has 3 aromatic carbocycles. The van der Waals surface area contributed by atoms with E-state index in [9.17, 15) is 21.4 Å². The normalized spacial score (nSPS) is 23.4. The van der Waals surface area contributed by atoms with Crippen molar-refractivity contribution in [2.45, 2.75) is 66.2 Å². The Morgan fingerprint density at radius 3 is 2.48 bits per heavy atom. The van der Waals surface area contributed by atoms with E-state index in [1.165, 1.54) is 5.56 Å². The molecule has 4 atom stereocenters. The lowest BCUT2D eigenvalue weighted by Gasteiger charge is -2.47. The van der Waals surface area contributed by atoms with Crippen LogP contribution in [0.15, 0.2) is 99.9 Å². The lowest BCUT2D eigenvalue weighted by Crippen LogP contribution is -2.51. The van der Waals surface area contributed by atoms with Gasteiger partial charge in [0, 0.05) is 48.8 Å². The van der Waals surface area contributed by atoms with E-state index < -0.39 is 25.4 Å². The molecule has 264 valence electrons. The first-order valence-electron chi connectivity index (χ1n) is 17.4. The number of rotatable bonds is 10. The van der Waals surface area contributed by atoms with Crippen LogP contribution in [0.25, 0.3) is 17.0 Å². The van der Waals surface area contributed by atoms with E-state index in [-0.39, 0.29) is 29.3 Å². The van der Waals surface area contributed by atoms with Crippen LogP contribution < -0.4 is 14.2 Å². The molecule has 2 heterocycles. The van der Waals surface area contributed by atoms with Crippen molar-refractivity contribution in [2.24, 2.45) is 11.8 Å². The lowest BCUT2D eigenvalue weighted by atomic mass is 9.67. The summed E-state index contributed by atoms with van der Waals surface area (Å²) < 4.78 is 66.1. The molecular formula is C38H45N4O5S3+. The van der Waals surface area contributed by atoms with Gasteiger partial charge in [0.05, 0.1) is 26.2 Å². The van der Waals surface area contributed by atoms with Crippen molar-refractivity contribution in [3.63, 3.8) is 0 Å². The van der Waals surface area contributed by atoms with Crippen LogP contribution in [-0.4, -0.2) is 64.8 Å². The van der Waals surface area contributed by atoms with Gasteiger partial charge in [0.15, 0.2) is 12.7 Å². The quantitative estimate of drug-likeness (QED) is 0.148. The van der Waals surface area contributed by atoms with Crippen LogP contribution in [0.1, 0.15) is 49.7 Å². The zero-order valence-corrected chi connectivity index (χ0v) is 30.9. The number of para-hydroxylation sites is 1. The maximum absolute atomic E-state index is 13.5. The summed E-state index contributed by atoms with van der Waals surface area (Å²) in [5, 5.41) is 1.47. The summed E-state index contributed by atoms with van der Waals surface area (Å²) in [5.41, 5.74) is 4.32. The molecule has 0 radical (unpaired) electrons. The van der Waals surface area contributed by atoms with Crippen molar-refractivity contribution < 1.29 is 26.0 Å². The molecule has 0 spiro atoms. The summed E-state index contributed by atoms with van der Waals surface area (Å²) >= 11 is 1.63. The number of anilines is 1. The van der Waals surface area contributed by atoms with E-state index >= 15 is 0 Å². The number of benzene rings is 3. The Kier molecular flexibility index (Phi) is 10.1. The Morgan fingerprint density at radius 1 is 0.940 bits per heavy atom. The van der Waals surface area contributed by atoms with E-state index in [1.807, 2.05) is 26.2 Å². The highest BCUT2D eigenvalue weighted by Gasteiger charge is 2.45. The predicted octanol–water partition coefficient (Wildman–Crippen LogP) is 6.15. The second-order valence-corrected chi connectivity index (χ2v) is 18.3. The van der Waals surface area contributed by atoms with Crippen LogP contribution in [0.4, 0.5) is 5.69 Å². The molecule has 9 nitrogen and oxygen atoms in total. The fraction of sp³-hybridized carbons (Fsp3) is 0.395. The molecule has 7 rings (SSSR count). The Labute approximate surface area is 300 Å². The fourth-order valence-corrected chi connectivity index (χ4v) is 11.7. The number of hydrogen-bond acceptors (Lipinski definition) is 7. The van der Waals surface area contributed by atoms with Crippen molar-refractivity contribution in [1.29, 1.82) is 0 Å². The number of nitrogens with one attached hydrogen (secondary N) is 1. The number of fused-ring (bicyclic) bond motifs is 3. The van der Waals surface area contributed by atoms with Crippen LogP contribution in [0.2, 0.25) is 0 Å². The Hall–Kier alpha value is -3.26. The minimum Gasteiger partial charge on any atom is -0.338 e. The van der Waals surface area contributed by atoms with E-state index in [1.54, 1.807) is 23.9 Å². The third-order valence-electron chi connectivity index (χ3n) is 10.9. The van der Waals surface area contributed by atoms with Gasteiger partial charge in [-0.25, -0.2) is 13.1 Å². The molecule has 4 aromatic rings. The zero-order valence-electron chi connectivity index (χ0n) is 28.5. The van der Waals surface area contributed by atoms with Crippen LogP contribution in [0.5, 0.6) is 0 Å². The Morgan fingerprint density at radius 2 is 1.68 bits per heavy atom. The SMILES string of the molecule is CN1C(=Cc2cc[n+](Cc3ccccc3)c3ccccc23)Sc2ccc(S(=O)(=O)NCCN(C)C3CCCC4C3CCCC4S(=O)(=O)O)cc21. The van der Waals surface area contributed by atoms with Crippen molar-refractivity contribution in [1.82, 2.24) is 9.62 Å². The van der Waals surface area contributed by atoms with Gasteiger partial charge in [-0.2, -0.15) is 13.0 Å². The molecule has 4 unspecified atom stereocenters. The maximum atomic E-state index is 13.5. The van der Waals surface area contributed by atoms with Crippen molar-refractivity contribution in [3.05, 3.63) is 101 Å². The standard InChI is InChI=1S/C38H44N4O5S3/c1-40(33-16-8-14-32-31(33)13-9-17-37(32)50(45,46)47)23-21-39-49(43,44)29-18-19-36-35(25-29)41(2)38(48-36)24-28-20-22-42(26-27-10-4-3-5-11-27)34-15-7-6-12-30(28)34/h3-7,10-12,15,18-20,22,24-25,31-33,37,39H,8-9,13-14,16-17,21,23,26H2,1-2H3/p+1. The molecule has 2 N–H and O–H groups in total. The number of aromatic nitrogens is 1. The molecule has 3 aliphatic rings. The number of likely N-dealkylation sites (N-methyl/N-ethyl adjacent to an activating group) is 1. The van der Waals surface area contributed by atoms with E-state index in [4.69, 9.17) is 0 Å². The maximum Gasteiger partial charge on any atom is 0.268 e. The van der Waals surface area contributed by atoms with Crippen LogP contribution in [-0.2, 0) is 26.7 Å². The predicted molar refractivity (Wildman–Crippen MR) is 200 cm³/mol. The van der Waals surface area contributed by atoms with Gasteiger partial charge in [-0.15, -0.1) is 0 Å². The number of hydrogen-bond donors (Lipinski definition) is 2. The van der Waals surface area contributed by atoms with Crippen LogP contribution in [0.3, 0.4) is 0 Å². The first kappa shape index (κ1) is 35.2. The highest BCUT2D eigenvalue weighted by Crippen LogP contribution is 2.47. The Balaban J connectivity index is 1.03. The second kappa shape index (κ2) is 14.4. The molecular weight excluding hydrogens is 689 g/mol. The van der Waals surface area contributed by atoms with Gasteiger partial charge < -0.3 is 9.80 Å². The summed E-state index contributed by atoms with van der Waals surface area (Å²) in [6, 6.07) is 26.4. The molecule has 0 saturated heterocycles. The minimum atomic E-state index is -4.08. The number of thioether (sulfide) groups is 1. The van der Waals surface area contributed by atoms with E-state index in [0.29, 0.717) is 13.0 Å². The summed E-state index contributed by atoms with van der Waals surface area (Å²) in [7, 11) is -3.88. The van der Waals surface area contributed by atoms with Crippen LogP contribution in [0, 0.1) is 11.8 Å². The lowest BCUT2D eigenvalue weighted by molar-refractivity contribution is -0.662. The highest BCUT2D eigenvalue weighted by atomic mass is 32.2. The van der Waals surface area contributed by atoms with Gasteiger partial charge in [-0.3, -0.25) is 4.55 Å². The van der Waals surface area contributed by atoms with E-state index in [2.05, 4.69) is 86.0 Å². The molecule has 0 bridgehead atoms. The number of pyridine rings is 1. The third kappa shape index (κ3) is 7.24. The van der Waals surface area contributed by atoms with Crippen molar-refractivity contribution >= 4 is 54.6 Å². The monoisotopic (exact) mass is 733 g/mol. The number of sulfonamides is 1. The van der Waals surface area contributed by atoms with Gasteiger partial charge >= 0.3 is 0 Å². The van der Waals surface area contributed by atoms with Crippen molar-refractivity contribution in [3.8, 4) is 0 Å². The minimum absolute atomic E-state index is 0.0477. The van der Waals surface area contributed by atoms with Gasteiger partial charge in [-0.05, 0) is 80.5 Å². The summed E-state index contributed by atoms with van der Waals surface area (Å²) in [4.78, 5) is 5.45. The van der Waals surface area contributed by atoms with E-state index in [0.717, 1.165) is 70.7 Å². The molecule has 2 saturated carbocycles. The first-order chi connectivity index (χ1) is 24.0. The molecule has 1 aliphatic heterocycles. The average Bonchev–Trinajstić information content (AvgIpc) is 3.42.